The predicted octanol–water partition coefficient (Wildman–Crippen LogP) is 3.63. The van der Waals surface area contributed by atoms with Gasteiger partial charge < -0.3 is 10.6 Å². The molecule has 27 heavy (non-hydrogen) atoms. The van der Waals surface area contributed by atoms with Crippen LogP contribution in [0.2, 0.25) is 0 Å². The van der Waals surface area contributed by atoms with Gasteiger partial charge in [0.05, 0.1) is 0 Å². The Morgan fingerprint density at radius 1 is 1.11 bits per heavy atom. The lowest BCUT2D eigenvalue weighted by atomic mass is 10.1. The van der Waals surface area contributed by atoms with Crippen molar-refractivity contribution in [2.75, 3.05) is 11.9 Å². The van der Waals surface area contributed by atoms with Crippen molar-refractivity contribution in [3.05, 3.63) is 76.9 Å². The number of para-hydroxylation sites is 1. The lowest BCUT2D eigenvalue weighted by Gasteiger charge is -2.10. The van der Waals surface area contributed by atoms with Crippen molar-refractivity contribution in [3.8, 4) is 0 Å². The van der Waals surface area contributed by atoms with E-state index in [1.807, 2.05) is 24.3 Å². The topological polar surface area (TPSA) is 82.7 Å². The third-order valence-electron chi connectivity index (χ3n) is 4.35. The summed E-state index contributed by atoms with van der Waals surface area (Å²) >= 11 is 0. The Kier molecular flexibility index (Phi) is 6.20. The van der Waals surface area contributed by atoms with Crippen LogP contribution < -0.4 is 10.6 Å². The van der Waals surface area contributed by atoms with Gasteiger partial charge in [0.2, 0.25) is 0 Å². The van der Waals surface area contributed by atoms with Crippen molar-refractivity contribution < 1.29 is 4.79 Å². The molecule has 6 nitrogen and oxygen atoms in total. The molecule has 0 aliphatic carbocycles. The summed E-state index contributed by atoms with van der Waals surface area (Å²) in [6, 6.07) is 16.0. The smallest absolute Gasteiger partial charge is 0.319 e. The van der Waals surface area contributed by atoms with Gasteiger partial charge in [0.25, 0.3) is 0 Å². The maximum absolute atomic E-state index is 12.1. The maximum Gasteiger partial charge on any atom is 0.319 e. The zero-order chi connectivity index (χ0) is 19.1. The minimum Gasteiger partial charge on any atom is -0.337 e. The highest BCUT2D eigenvalue weighted by Crippen LogP contribution is 2.15. The monoisotopic (exact) mass is 363 g/mol. The van der Waals surface area contributed by atoms with Crippen molar-refractivity contribution in [2.24, 2.45) is 0 Å². The fraction of sp³-hybridized carbons (Fsp3) is 0.286. The number of carbonyl (C=O) groups excluding carboxylic acids is 1. The second kappa shape index (κ2) is 8.98. The van der Waals surface area contributed by atoms with E-state index >= 15 is 0 Å². The van der Waals surface area contributed by atoms with E-state index in [4.69, 9.17) is 0 Å². The van der Waals surface area contributed by atoms with Crippen molar-refractivity contribution in [3.63, 3.8) is 0 Å². The molecule has 0 saturated carbocycles. The lowest BCUT2D eigenvalue weighted by Crippen LogP contribution is -2.31. The van der Waals surface area contributed by atoms with E-state index < -0.39 is 0 Å². The molecule has 1 aromatic heterocycles. The normalized spacial score (nSPS) is 10.6. The molecule has 0 aliphatic heterocycles. The molecule has 3 N–H and O–H groups in total. The van der Waals surface area contributed by atoms with E-state index in [1.54, 1.807) is 0 Å². The van der Waals surface area contributed by atoms with Gasteiger partial charge in [-0.1, -0.05) is 55.0 Å². The number of aromatic amines is 1. The summed E-state index contributed by atoms with van der Waals surface area (Å²) in [5.41, 5.74) is 4.39. The molecule has 0 bridgehead atoms. The van der Waals surface area contributed by atoms with Crippen LogP contribution in [0, 0.1) is 6.92 Å². The van der Waals surface area contributed by atoms with Gasteiger partial charge in [0, 0.05) is 25.1 Å². The van der Waals surface area contributed by atoms with Gasteiger partial charge in [0.1, 0.15) is 5.82 Å². The third kappa shape index (κ3) is 5.41. The first-order valence-corrected chi connectivity index (χ1v) is 9.22. The van der Waals surface area contributed by atoms with Crippen LogP contribution in [0.1, 0.15) is 35.3 Å². The Bertz CT molecular complexity index is 886. The van der Waals surface area contributed by atoms with E-state index in [2.05, 4.69) is 63.9 Å². The van der Waals surface area contributed by atoms with Crippen LogP contribution in [-0.2, 0) is 19.3 Å². The van der Waals surface area contributed by atoms with Crippen LogP contribution >= 0.6 is 0 Å². The summed E-state index contributed by atoms with van der Waals surface area (Å²) in [7, 11) is 0. The highest BCUT2D eigenvalue weighted by molar-refractivity contribution is 5.90. The lowest BCUT2D eigenvalue weighted by molar-refractivity contribution is 0.252. The summed E-state index contributed by atoms with van der Waals surface area (Å²) in [6.45, 7) is 4.61. The molecular formula is C21H25N5O. The number of urea groups is 1. The first kappa shape index (κ1) is 18.6. The number of benzene rings is 2. The van der Waals surface area contributed by atoms with Crippen LogP contribution in [0.15, 0.2) is 48.5 Å². The van der Waals surface area contributed by atoms with Crippen LogP contribution in [0.4, 0.5) is 10.5 Å². The number of hydrogen-bond acceptors (Lipinski definition) is 3. The van der Waals surface area contributed by atoms with Crippen LogP contribution in [-0.4, -0.2) is 27.8 Å². The summed E-state index contributed by atoms with van der Waals surface area (Å²) in [6.07, 6.45) is 2.17. The molecule has 0 unspecified atom stereocenters. The summed E-state index contributed by atoms with van der Waals surface area (Å²) < 4.78 is 0. The number of nitrogens with one attached hydrogen (secondary N) is 3. The highest BCUT2D eigenvalue weighted by atomic mass is 16.2. The molecule has 140 valence electrons. The number of anilines is 1. The van der Waals surface area contributed by atoms with Gasteiger partial charge >= 0.3 is 6.03 Å². The highest BCUT2D eigenvalue weighted by Gasteiger charge is 2.07. The first-order valence-electron chi connectivity index (χ1n) is 9.22. The zero-order valence-corrected chi connectivity index (χ0v) is 15.7. The van der Waals surface area contributed by atoms with Crippen molar-refractivity contribution >= 4 is 11.7 Å². The van der Waals surface area contributed by atoms with Gasteiger partial charge in [-0.3, -0.25) is 5.10 Å². The number of nitrogens with zero attached hydrogens (tertiary/aromatic N) is 2. The van der Waals surface area contributed by atoms with Gasteiger partial charge in [-0.2, -0.15) is 5.10 Å². The number of amides is 2. The van der Waals surface area contributed by atoms with Crippen molar-refractivity contribution in [1.82, 2.24) is 20.5 Å². The number of hydrogen-bond donors (Lipinski definition) is 3. The molecule has 0 fully saturated rings. The molecule has 2 aromatic carbocycles. The Hall–Kier alpha value is -3.15. The van der Waals surface area contributed by atoms with Crippen LogP contribution in [0.3, 0.4) is 0 Å². The van der Waals surface area contributed by atoms with Gasteiger partial charge in [-0.25, -0.2) is 9.78 Å². The molecule has 1 heterocycles. The molecule has 0 atom stereocenters. The van der Waals surface area contributed by atoms with E-state index in [1.165, 1.54) is 11.1 Å². The Balaban J connectivity index is 1.46. The van der Waals surface area contributed by atoms with Gasteiger partial charge in [-0.05, 0) is 30.5 Å². The standard InChI is InChI=1S/C21H25N5O/c1-3-17-6-4-5-7-18(17)23-21(27)22-13-12-19-24-20(26-25-19)14-16-10-8-15(2)9-11-16/h4-11H,3,12-14H2,1-2H3,(H2,22,23,27)(H,24,25,26). The van der Waals surface area contributed by atoms with E-state index in [0.29, 0.717) is 18.8 Å². The Morgan fingerprint density at radius 2 is 1.89 bits per heavy atom. The Labute approximate surface area is 159 Å². The molecule has 0 aliphatic rings. The molecule has 2 amide bonds. The van der Waals surface area contributed by atoms with E-state index in [9.17, 15) is 4.79 Å². The van der Waals surface area contributed by atoms with Crippen LogP contribution in [0.5, 0.6) is 0 Å². The van der Waals surface area contributed by atoms with Crippen molar-refractivity contribution in [2.45, 2.75) is 33.1 Å². The predicted molar refractivity (Wildman–Crippen MR) is 107 cm³/mol. The fourth-order valence-electron chi connectivity index (χ4n) is 2.83. The van der Waals surface area contributed by atoms with Crippen LogP contribution in [0.25, 0.3) is 0 Å². The third-order valence-corrected chi connectivity index (χ3v) is 4.35. The molecule has 0 saturated heterocycles. The van der Waals surface area contributed by atoms with Crippen molar-refractivity contribution in [1.29, 1.82) is 0 Å². The first-order chi connectivity index (χ1) is 13.1. The molecule has 6 heteroatoms. The van der Waals surface area contributed by atoms with Gasteiger partial charge in [0.15, 0.2) is 5.82 Å². The minimum atomic E-state index is -0.216. The molecule has 3 rings (SSSR count). The zero-order valence-electron chi connectivity index (χ0n) is 15.7. The Morgan fingerprint density at radius 3 is 2.67 bits per heavy atom. The fourth-order valence-corrected chi connectivity index (χ4v) is 2.83. The molecule has 0 radical (unpaired) electrons. The number of aromatic nitrogens is 3. The molecular weight excluding hydrogens is 338 g/mol. The average molecular weight is 363 g/mol. The number of H-pyrrole nitrogens is 1. The SMILES string of the molecule is CCc1ccccc1NC(=O)NCCc1n[nH]c(Cc2ccc(C)cc2)n1. The molecule has 3 aromatic rings. The average Bonchev–Trinajstić information content (AvgIpc) is 3.11. The summed E-state index contributed by atoms with van der Waals surface area (Å²) in [4.78, 5) is 16.6. The minimum absolute atomic E-state index is 0.216. The second-order valence-corrected chi connectivity index (χ2v) is 6.50. The number of rotatable bonds is 7. The quantitative estimate of drug-likeness (QED) is 0.599. The summed E-state index contributed by atoms with van der Waals surface area (Å²) in [5, 5.41) is 12.9. The second-order valence-electron chi connectivity index (χ2n) is 6.50. The maximum atomic E-state index is 12.1. The van der Waals surface area contributed by atoms with E-state index in [-0.39, 0.29) is 6.03 Å². The van der Waals surface area contributed by atoms with Gasteiger partial charge in [-0.15, -0.1) is 0 Å². The number of aryl methyl sites for hydroxylation is 2. The largest absolute Gasteiger partial charge is 0.337 e. The number of carbonyl (C=O) groups is 1. The summed E-state index contributed by atoms with van der Waals surface area (Å²) in [5.74, 6) is 1.53. The van der Waals surface area contributed by atoms with E-state index in [0.717, 1.165) is 29.9 Å². The molecule has 0 spiro atoms.